The summed E-state index contributed by atoms with van der Waals surface area (Å²) < 4.78 is 5.65. The van der Waals surface area contributed by atoms with Crippen LogP contribution >= 0.6 is 0 Å². The van der Waals surface area contributed by atoms with Crippen molar-refractivity contribution in [3.8, 4) is 5.88 Å². The minimum absolute atomic E-state index is 0.0607. The maximum atomic E-state index is 12.6. The van der Waals surface area contributed by atoms with Crippen molar-refractivity contribution in [2.75, 3.05) is 42.6 Å². The van der Waals surface area contributed by atoms with E-state index >= 15 is 0 Å². The number of benzene rings is 1. The Kier molecular flexibility index (Phi) is 7.36. The number of hydrogen-bond acceptors (Lipinski definition) is 7. The SMILES string of the molecule is O=C(COc1ccc(N2CCN(c3ccccn3)CC2)nn1)N[C@@H]1CCCC[C@H]1c1ccccc1. The first-order valence-electron chi connectivity index (χ1n) is 12.5. The number of hydrogen-bond donors (Lipinski definition) is 1. The summed E-state index contributed by atoms with van der Waals surface area (Å²) in [6.07, 6.45) is 6.25. The standard InChI is InChI=1S/C27H32N6O2/c34-26(29-23-11-5-4-10-22(23)21-8-2-1-3-9-21)20-35-27-14-13-25(30-31-27)33-18-16-32(17-19-33)24-12-6-7-15-28-24/h1-3,6-9,12-15,22-23H,4-5,10-11,16-20H2,(H,29,34)/t22-,23+/m0/s1. The van der Waals surface area contributed by atoms with Gasteiger partial charge in [0, 0.05) is 50.4 Å². The van der Waals surface area contributed by atoms with Gasteiger partial charge in [0.05, 0.1) is 0 Å². The van der Waals surface area contributed by atoms with Gasteiger partial charge < -0.3 is 19.9 Å². The summed E-state index contributed by atoms with van der Waals surface area (Å²) in [5.41, 5.74) is 1.29. The van der Waals surface area contributed by atoms with E-state index in [0.717, 1.165) is 57.1 Å². The topological polar surface area (TPSA) is 83.5 Å². The summed E-state index contributed by atoms with van der Waals surface area (Å²) in [4.78, 5) is 21.5. The molecule has 8 nitrogen and oxygen atoms in total. The van der Waals surface area contributed by atoms with Gasteiger partial charge in [-0.1, -0.05) is 49.2 Å². The van der Waals surface area contributed by atoms with Crippen LogP contribution < -0.4 is 19.9 Å². The normalized spacial score (nSPS) is 20.3. The van der Waals surface area contributed by atoms with Gasteiger partial charge in [0.1, 0.15) is 5.82 Å². The number of nitrogens with one attached hydrogen (secondary N) is 1. The van der Waals surface area contributed by atoms with E-state index in [1.807, 2.05) is 36.5 Å². The lowest BCUT2D eigenvalue weighted by atomic mass is 9.80. The maximum absolute atomic E-state index is 12.6. The lowest BCUT2D eigenvalue weighted by molar-refractivity contribution is -0.124. The third-order valence-electron chi connectivity index (χ3n) is 6.89. The molecule has 2 aromatic heterocycles. The molecule has 3 aromatic rings. The zero-order valence-corrected chi connectivity index (χ0v) is 19.9. The molecule has 2 fully saturated rings. The van der Waals surface area contributed by atoms with E-state index in [4.69, 9.17) is 4.74 Å². The van der Waals surface area contributed by atoms with Gasteiger partial charge in [0.2, 0.25) is 5.88 Å². The molecule has 1 aliphatic carbocycles. The number of amides is 1. The second-order valence-electron chi connectivity index (χ2n) is 9.16. The van der Waals surface area contributed by atoms with Gasteiger partial charge in [0.15, 0.2) is 12.4 Å². The molecular formula is C27H32N6O2. The van der Waals surface area contributed by atoms with E-state index in [1.165, 1.54) is 12.0 Å². The third kappa shape index (κ3) is 5.88. The van der Waals surface area contributed by atoms with Crippen molar-refractivity contribution in [1.29, 1.82) is 0 Å². The van der Waals surface area contributed by atoms with Crippen LogP contribution in [0.2, 0.25) is 0 Å². The first-order chi connectivity index (χ1) is 17.3. The highest BCUT2D eigenvalue weighted by Gasteiger charge is 2.27. The molecule has 0 radical (unpaired) electrons. The highest BCUT2D eigenvalue weighted by atomic mass is 16.5. The molecule has 1 N–H and O–H groups in total. The van der Waals surface area contributed by atoms with Crippen LogP contribution in [0.4, 0.5) is 11.6 Å². The molecule has 2 aliphatic rings. The van der Waals surface area contributed by atoms with Gasteiger partial charge in [-0.05, 0) is 36.6 Å². The predicted molar refractivity (Wildman–Crippen MR) is 136 cm³/mol. The summed E-state index contributed by atoms with van der Waals surface area (Å²) in [6, 6.07) is 20.3. The molecule has 5 rings (SSSR count). The van der Waals surface area contributed by atoms with Crippen LogP contribution in [-0.4, -0.2) is 59.9 Å². The zero-order valence-electron chi connectivity index (χ0n) is 19.9. The number of aromatic nitrogens is 3. The molecule has 3 heterocycles. The summed E-state index contributed by atoms with van der Waals surface area (Å²) in [7, 11) is 0. The third-order valence-corrected chi connectivity index (χ3v) is 6.89. The molecule has 1 aliphatic heterocycles. The Morgan fingerprint density at radius 1 is 0.857 bits per heavy atom. The number of carbonyl (C=O) groups is 1. The summed E-state index contributed by atoms with van der Waals surface area (Å²) in [5.74, 6) is 2.42. The molecule has 1 saturated carbocycles. The molecule has 0 bridgehead atoms. The first kappa shape index (κ1) is 23.1. The molecule has 8 heteroatoms. The van der Waals surface area contributed by atoms with Crippen molar-refractivity contribution in [1.82, 2.24) is 20.5 Å². The molecular weight excluding hydrogens is 440 g/mol. The van der Waals surface area contributed by atoms with Crippen LogP contribution in [0.15, 0.2) is 66.9 Å². The smallest absolute Gasteiger partial charge is 0.258 e. The number of anilines is 2. The number of rotatable bonds is 7. The Labute approximate surface area is 206 Å². The minimum Gasteiger partial charge on any atom is -0.466 e. The predicted octanol–water partition coefficient (Wildman–Crippen LogP) is 3.42. The van der Waals surface area contributed by atoms with Gasteiger partial charge in [-0.15, -0.1) is 10.2 Å². The molecule has 1 aromatic carbocycles. The van der Waals surface area contributed by atoms with E-state index < -0.39 is 0 Å². The number of carbonyl (C=O) groups excluding carboxylic acids is 1. The lowest BCUT2D eigenvalue weighted by Crippen LogP contribution is -2.47. The fraction of sp³-hybridized carbons (Fsp3) is 0.407. The number of piperazine rings is 1. The van der Waals surface area contributed by atoms with Crippen LogP contribution in [0.3, 0.4) is 0 Å². The molecule has 0 unspecified atom stereocenters. The van der Waals surface area contributed by atoms with E-state index in [2.05, 4.69) is 54.6 Å². The van der Waals surface area contributed by atoms with Gasteiger partial charge in [-0.3, -0.25) is 4.79 Å². The van der Waals surface area contributed by atoms with Crippen molar-refractivity contribution >= 4 is 17.5 Å². The Morgan fingerprint density at radius 3 is 2.31 bits per heavy atom. The molecule has 182 valence electrons. The van der Waals surface area contributed by atoms with Crippen LogP contribution in [0, 0.1) is 0 Å². The van der Waals surface area contributed by atoms with Gasteiger partial charge in [-0.25, -0.2) is 4.98 Å². The minimum atomic E-state index is -0.116. The van der Waals surface area contributed by atoms with Crippen LogP contribution in [0.5, 0.6) is 5.88 Å². The summed E-state index contributed by atoms with van der Waals surface area (Å²) in [5, 5.41) is 11.7. The molecule has 0 spiro atoms. The monoisotopic (exact) mass is 472 g/mol. The van der Waals surface area contributed by atoms with E-state index in [-0.39, 0.29) is 18.6 Å². The van der Waals surface area contributed by atoms with Gasteiger partial charge in [0.25, 0.3) is 5.91 Å². The number of pyridine rings is 1. The van der Waals surface area contributed by atoms with Crippen molar-refractivity contribution in [3.05, 3.63) is 72.4 Å². The number of ether oxygens (including phenoxy) is 1. The Hall–Kier alpha value is -3.68. The molecule has 1 amide bonds. The van der Waals surface area contributed by atoms with Crippen molar-refractivity contribution < 1.29 is 9.53 Å². The van der Waals surface area contributed by atoms with E-state index in [1.54, 1.807) is 6.07 Å². The lowest BCUT2D eigenvalue weighted by Gasteiger charge is -2.35. The average Bonchev–Trinajstić information content (AvgIpc) is 2.94. The van der Waals surface area contributed by atoms with Gasteiger partial charge in [-0.2, -0.15) is 0 Å². The van der Waals surface area contributed by atoms with Crippen molar-refractivity contribution in [3.63, 3.8) is 0 Å². The fourth-order valence-corrected chi connectivity index (χ4v) is 5.05. The highest BCUT2D eigenvalue weighted by Crippen LogP contribution is 2.33. The van der Waals surface area contributed by atoms with Crippen LogP contribution in [0.25, 0.3) is 0 Å². The Bertz CT molecular complexity index is 1070. The molecule has 2 atom stereocenters. The Morgan fingerprint density at radius 2 is 1.60 bits per heavy atom. The van der Waals surface area contributed by atoms with E-state index in [0.29, 0.717) is 11.8 Å². The molecule has 1 saturated heterocycles. The van der Waals surface area contributed by atoms with Gasteiger partial charge >= 0.3 is 0 Å². The second-order valence-corrected chi connectivity index (χ2v) is 9.16. The van der Waals surface area contributed by atoms with Crippen molar-refractivity contribution in [2.45, 2.75) is 37.6 Å². The fourth-order valence-electron chi connectivity index (χ4n) is 5.05. The largest absolute Gasteiger partial charge is 0.466 e. The summed E-state index contributed by atoms with van der Waals surface area (Å²) in [6.45, 7) is 3.38. The maximum Gasteiger partial charge on any atom is 0.258 e. The average molecular weight is 473 g/mol. The van der Waals surface area contributed by atoms with E-state index in [9.17, 15) is 4.79 Å². The molecule has 35 heavy (non-hydrogen) atoms. The first-order valence-corrected chi connectivity index (χ1v) is 12.5. The summed E-state index contributed by atoms with van der Waals surface area (Å²) >= 11 is 0. The number of nitrogens with zero attached hydrogens (tertiary/aromatic N) is 5. The quantitative estimate of drug-likeness (QED) is 0.564. The second kappa shape index (κ2) is 11.2. The highest BCUT2D eigenvalue weighted by molar-refractivity contribution is 5.78. The Balaban J connectivity index is 1.10. The zero-order chi connectivity index (χ0) is 23.9. The van der Waals surface area contributed by atoms with Crippen LogP contribution in [0.1, 0.15) is 37.2 Å². The van der Waals surface area contributed by atoms with Crippen LogP contribution in [-0.2, 0) is 4.79 Å². The van der Waals surface area contributed by atoms with Crippen molar-refractivity contribution in [2.24, 2.45) is 0 Å².